The number of nitrogens with one attached hydrogen (secondary N) is 1. The zero-order chi connectivity index (χ0) is 12.8. The molecular formula is C14H20N2OS. The number of nitrogens with two attached hydrogens (primary N) is 1. The van der Waals surface area contributed by atoms with Crippen LogP contribution in [0.25, 0.3) is 11.0 Å². The number of unbranched alkanes of at least 4 members (excludes halogenated alkanes) is 1. The summed E-state index contributed by atoms with van der Waals surface area (Å²) in [6.07, 6.45) is 5.18. The molecule has 1 atom stereocenters. The van der Waals surface area contributed by atoms with Gasteiger partial charge in [0.1, 0.15) is 5.58 Å². The normalized spacial score (nSPS) is 13.0. The fourth-order valence-electron chi connectivity index (χ4n) is 1.83. The average molecular weight is 264 g/mol. The first-order valence-electron chi connectivity index (χ1n) is 6.39. The van der Waals surface area contributed by atoms with Gasteiger partial charge in [-0.15, -0.1) is 0 Å². The summed E-state index contributed by atoms with van der Waals surface area (Å²) < 4.78 is 8.78. The van der Waals surface area contributed by atoms with Gasteiger partial charge in [0.15, 0.2) is 0 Å². The Morgan fingerprint density at radius 2 is 2.22 bits per heavy atom. The van der Waals surface area contributed by atoms with Crippen molar-refractivity contribution in [3.63, 3.8) is 0 Å². The Labute approximate surface area is 112 Å². The molecule has 2 aromatic rings. The van der Waals surface area contributed by atoms with Gasteiger partial charge in [-0.2, -0.15) is 0 Å². The fraction of sp³-hybridized carbons (Fsp3) is 0.429. The molecule has 1 aromatic carbocycles. The highest BCUT2D eigenvalue weighted by Crippen LogP contribution is 2.23. The predicted octanol–water partition coefficient (Wildman–Crippen LogP) is 3.55. The maximum atomic E-state index is 5.49. The molecule has 0 saturated heterocycles. The summed E-state index contributed by atoms with van der Waals surface area (Å²) in [6, 6.07) is 8.73. The van der Waals surface area contributed by atoms with Gasteiger partial charge in [0.2, 0.25) is 0 Å². The molecule has 0 spiro atoms. The molecule has 0 amide bonds. The molecule has 3 N–H and O–H groups in total. The van der Waals surface area contributed by atoms with Crippen molar-refractivity contribution in [1.82, 2.24) is 4.72 Å². The van der Waals surface area contributed by atoms with Crippen LogP contribution in [0, 0.1) is 0 Å². The van der Waals surface area contributed by atoms with Crippen LogP contribution >= 0.6 is 11.9 Å². The van der Waals surface area contributed by atoms with Gasteiger partial charge >= 0.3 is 0 Å². The third kappa shape index (κ3) is 3.77. The maximum absolute atomic E-state index is 5.49. The molecule has 1 aromatic heterocycles. The molecule has 1 heterocycles. The predicted molar refractivity (Wildman–Crippen MR) is 77.6 cm³/mol. The maximum Gasteiger partial charge on any atom is 0.133 e. The molecule has 3 nitrogen and oxygen atoms in total. The first-order chi connectivity index (χ1) is 8.79. The van der Waals surface area contributed by atoms with Crippen molar-refractivity contribution in [3.8, 4) is 0 Å². The van der Waals surface area contributed by atoms with E-state index >= 15 is 0 Å². The van der Waals surface area contributed by atoms with Crippen LogP contribution in [0.4, 0.5) is 0 Å². The van der Waals surface area contributed by atoms with Gasteiger partial charge in [-0.05, 0) is 62.5 Å². The number of rotatable bonds is 7. The second kappa shape index (κ2) is 6.83. The van der Waals surface area contributed by atoms with Crippen LogP contribution in [0.1, 0.15) is 26.2 Å². The molecule has 0 fully saturated rings. The van der Waals surface area contributed by atoms with Crippen molar-refractivity contribution < 1.29 is 4.42 Å². The van der Waals surface area contributed by atoms with Crippen molar-refractivity contribution in [2.75, 3.05) is 6.54 Å². The minimum atomic E-state index is 0.501. The Kier molecular flexibility index (Phi) is 5.11. The van der Waals surface area contributed by atoms with Crippen molar-refractivity contribution >= 4 is 22.9 Å². The van der Waals surface area contributed by atoms with E-state index < -0.39 is 0 Å². The zero-order valence-electron chi connectivity index (χ0n) is 10.7. The second-order valence-corrected chi connectivity index (χ2v) is 5.44. The molecule has 0 aliphatic carbocycles. The summed E-state index contributed by atoms with van der Waals surface area (Å²) in [5.74, 6) is 0. The largest absolute Gasteiger partial charge is 0.464 e. The van der Waals surface area contributed by atoms with Crippen LogP contribution in [-0.2, 0) is 0 Å². The van der Waals surface area contributed by atoms with Gasteiger partial charge in [-0.25, -0.2) is 0 Å². The number of benzene rings is 1. The molecule has 4 heteroatoms. The van der Waals surface area contributed by atoms with Gasteiger partial charge in [-0.1, -0.05) is 6.42 Å². The minimum absolute atomic E-state index is 0.501. The van der Waals surface area contributed by atoms with Crippen LogP contribution < -0.4 is 10.5 Å². The quantitative estimate of drug-likeness (QED) is 0.593. The monoisotopic (exact) mass is 264 g/mol. The Balaban J connectivity index is 1.81. The van der Waals surface area contributed by atoms with Crippen molar-refractivity contribution in [3.05, 3.63) is 30.5 Å². The van der Waals surface area contributed by atoms with Gasteiger partial charge < -0.3 is 10.2 Å². The molecule has 1 unspecified atom stereocenters. The molecule has 2 rings (SSSR count). The van der Waals surface area contributed by atoms with Gasteiger partial charge in [-0.3, -0.25) is 4.72 Å². The Hall–Kier alpha value is -0.970. The SMILES string of the molecule is CC(CCCCN)NSc1ccc2occc2c1. The summed E-state index contributed by atoms with van der Waals surface area (Å²) in [5.41, 5.74) is 6.43. The van der Waals surface area contributed by atoms with Crippen molar-refractivity contribution in [2.24, 2.45) is 5.73 Å². The highest BCUT2D eigenvalue weighted by atomic mass is 32.2. The van der Waals surface area contributed by atoms with E-state index in [9.17, 15) is 0 Å². The van der Waals surface area contributed by atoms with Gasteiger partial charge in [0.05, 0.1) is 6.26 Å². The highest BCUT2D eigenvalue weighted by molar-refractivity contribution is 7.97. The molecular weight excluding hydrogens is 244 g/mol. The molecule has 0 radical (unpaired) electrons. The number of hydrogen-bond acceptors (Lipinski definition) is 4. The first kappa shape index (κ1) is 13.5. The summed E-state index contributed by atoms with van der Waals surface area (Å²) in [6.45, 7) is 3.00. The molecule has 98 valence electrons. The van der Waals surface area contributed by atoms with Crippen LogP contribution in [0.5, 0.6) is 0 Å². The third-order valence-electron chi connectivity index (χ3n) is 2.89. The molecule has 0 saturated carbocycles. The third-order valence-corrected chi connectivity index (χ3v) is 3.90. The van der Waals surface area contributed by atoms with Crippen LogP contribution in [0.15, 0.2) is 39.8 Å². The molecule has 0 aliphatic rings. The second-order valence-electron chi connectivity index (χ2n) is 4.53. The summed E-state index contributed by atoms with van der Waals surface area (Å²) in [4.78, 5) is 1.22. The Morgan fingerprint density at radius 1 is 1.33 bits per heavy atom. The average Bonchev–Trinajstić information content (AvgIpc) is 2.84. The van der Waals surface area contributed by atoms with Crippen LogP contribution in [0.2, 0.25) is 0 Å². The van der Waals surface area contributed by atoms with E-state index in [0.29, 0.717) is 6.04 Å². The van der Waals surface area contributed by atoms with E-state index in [1.165, 1.54) is 11.3 Å². The lowest BCUT2D eigenvalue weighted by molar-refractivity contribution is 0.577. The lowest BCUT2D eigenvalue weighted by atomic mass is 10.1. The van der Waals surface area contributed by atoms with Crippen LogP contribution in [0.3, 0.4) is 0 Å². The molecule has 0 aliphatic heterocycles. The summed E-state index contributed by atoms with van der Waals surface area (Å²) >= 11 is 1.68. The lowest BCUT2D eigenvalue weighted by Crippen LogP contribution is -2.19. The summed E-state index contributed by atoms with van der Waals surface area (Å²) in [7, 11) is 0. The van der Waals surface area contributed by atoms with E-state index in [4.69, 9.17) is 10.2 Å². The van der Waals surface area contributed by atoms with Crippen molar-refractivity contribution in [2.45, 2.75) is 37.1 Å². The van der Waals surface area contributed by atoms with Gasteiger partial charge in [0, 0.05) is 16.3 Å². The van der Waals surface area contributed by atoms with Crippen LogP contribution in [-0.4, -0.2) is 12.6 Å². The summed E-state index contributed by atoms with van der Waals surface area (Å²) in [5, 5.41) is 1.15. The van der Waals surface area contributed by atoms with E-state index in [2.05, 4.69) is 23.8 Å². The highest BCUT2D eigenvalue weighted by Gasteiger charge is 2.03. The smallest absolute Gasteiger partial charge is 0.133 e. The standard InChI is InChI=1S/C14H20N2OS/c1-11(4-2-3-8-15)16-18-13-5-6-14-12(10-13)7-9-17-14/h5-7,9-11,16H,2-4,8,15H2,1H3. The Morgan fingerprint density at radius 3 is 3.06 bits per heavy atom. The fourth-order valence-corrected chi connectivity index (χ4v) is 2.61. The Bertz CT molecular complexity index is 483. The van der Waals surface area contributed by atoms with E-state index in [-0.39, 0.29) is 0 Å². The van der Waals surface area contributed by atoms with Crippen molar-refractivity contribution in [1.29, 1.82) is 0 Å². The lowest BCUT2D eigenvalue weighted by Gasteiger charge is -2.12. The zero-order valence-corrected chi connectivity index (χ0v) is 11.5. The number of furan rings is 1. The topological polar surface area (TPSA) is 51.2 Å². The minimum Gasteiger partial charge on any atom is -0.464 e. The van der Waals surface area contributed by atoms with E-state index in [0.717, 1.165) is 30.4 Å². The number of fused-ring (bicyclic) bond motifs is 1. The molecule has 0 bridgehead atoms. The van der Waals surface area contributed by atoms with E-state index in [1.54, 1.807) is 18.2 Å². The van der Waals surface area contributed by atoms with E-state index in [1.807, 2.05) is 12.1 Å². The number of hydrogen-bond donors (Lipinski definition) is 2. The first-order valence-corrected chi connectivity index (χ1v) is 7.21. The van der Waals surface area contributed by atoms with Gasteiger partial charge in [0.25, 0.3) is 0 Å². The molecule has 18 heavy (non-hydrogen) atoms.